The number of benzene rings is 1. The molecule has 1 amide bonds. The maximum absolute atomic E-state index is 12.6. The van der Waals surface area contributed by atoms with Crippen LogP contribution in [-0.4, -0.2) is 39.6 Å². The van der Waals surface area contributed by atoms with Gasteiger partial charge in [0.1, 0.15) is 0 Å². The highest BCUT2D eigenvalue weighted by molar-refractivity contribution is 6.00. The summed E-state index contributed by atoms with van der Waals surface area (Å²) in [6.07, 6.45) is 2.17. The third-order valence-electron chi connectivity index (χ3n) is 5.56. The van der Waals surface area contributed by atoms with Crippen LogP contribution in [0, 0.1) is 12.3 Å². The number of Topliss-reactive ketones (excluding diaryl/α,β-unsaturated/α-hetero) is 1. The molecule has 1 aliphatic heterocycles. The van der Waals surface area contributed by atoms with Crippen molar-refractivity contribution in [3.63, 3.8) is 0 Å². The Hall–Kier alpha value is -2.60. The topological polar surface area (TPSA) is 75.2 Å². The predicted molar refractivity (Wildman–Crippen MR) is 107 cm³/mol. The maximum Gasteiger partial charge on any atom is 0.240 e. The molecule has 0 spiro atoms. The zero-order valence-corrected chi connectivity index (χ0v) is 16.7. The van der Waals surface area contributed by atoms with E-state index in [0.29, 0.717) is 36.6 Å². The molecule has 6 heteroatoms. The minimum absolute atomic E-state index is 0.0913. The predicted octanol–water partition coefficient (Wildman–Crippen LogP) is 2.94. The molecule has 2 heterocycles. The van der Waals surface area contributed by atoms with Crippen molar-refractivity contribution >= 4 is 17.6 Å². The Morgan fingerprint density at radius 1 is 1.18 bits per heavy atom. The molecule has 0 unspecified atom stereocenters. The summed E-state index contributed by atoms with van der Waals surface area (Å²) in [6.45, 7) is 7.88. The van der Waals surface area contributed by atoms with Crippen molar-refractivity contribution in [3.05, 3.63) is 52.3 Å². The molecule has 0 atom stereocenters. The zero-order valence-electron chi connectivity index (χ0n) is 16.7. The SMILES string of the molecule is Cc1nc(NC(=O)CN2CCc3ccccc3C2)nc2c1C(=O)CC(C)(C)C2. The van der Waals surface area contributed by atoms with E-state index in [1.54, 1.807) is 0 Å². The van der Waals surface area contributed by atoms with Crippen LogP contribution in [0.2, 0.25) is 0 Å². The Kier molecular flexibility index (Phi) is 4.75. The molecule has 0 saturated carbocycles. The molecule has 2 aromatic rings. The van der Waals surface area contributed by atoms with Gasteiger partial charge in [0.25, 0.3) is 0 Å². The van der Waals surface area contributed by atoms with Crippen LogP contribution < -0.4 is 5.32 Å². The Morgan fingerprint density at radius 2 is 1.93 bits per heavy atom. The average molecular weight is 378 g/mol. The Balaban J connectivity index is 1.46. The number of aryl methyl sites for hydroxylation is 1. The van der Waals surface area contributed by atoms with Crippen molar-refractivity contribution in [3.8, 4) is 0 Å². The van der Waals surface area contributed by atoms with Gasteiger partial charge in [-0.05, 0) is 36.3 Å². The lowest BCUT2D eigenvalue weighted by Gasteiger charge is -2.30. The normalized spacial score (nSPS) is 18.3. The summed E-state index contributed by atoms with van der Waals surface area (Å²) in [6, 6.07) is 8.37. The zero-order chi connectivity index (χ0) is 19.9. The number of nitrogens with zero attached hydrogens (tertiary/aromatic N) is 3. The van der Waals surface area contributed by atoms with E-state index in [9.17, 15) is 9.59 Å². The van der Waals surface area contributed by atoms with Gasteiger partial charge in [0.15, 0.2) is 5.78 Å². The molecule has 6 nitrogen and oxygen atoms in total. The third kappa shape index (κ3) is 3.83. The lowest BCUT2D eigenvalue weighted by molar-refractivity contribution is -0.117. The summed E-state index contributed by atoms with van der Waals surface area (Å²) in [5, 5.41) is 2.83. The highest BCUT2D eigenvalue weighted by Gasteiger charge is 2.34. The van der Waals surface area contributed by atoms with Crippen molar-refractivity contribution in [2.24, 2.45) is 5.41 Å². The number of hydrogen-bond donors (Lipinski definition) is 1. The fraction of sp³-hybridized carbons (Fsp3) is 0.455. The number of amides is 1. The number of carbonyl (C=O) groups is 2. The van der Waals surface area contributed by atoms with Gasteiger partial charge in [-0.15, -0.1) is 0 Å². The van der Waals surface area contributed by atoms with E-state index in [2.05, 4.69) is 52.2 Å². The summed E-state index contributed by atoms with van der Waals surface area (Å²) in [5.41, 5.74) is 4.55. The minimum atomic E-state index is -0.125. The van der Waals surface area contributed by atoms with Crippen LogP contribution in [0.1, 0.15) is 53.1 Å². The van der Waals surface area contributed by atoms with Gasteiger partial charge < -0.3 is 0 Å². The first-order chi connectivity index (χ1) is 13.3. The van der Waals surface area contributed by atoms with Gasteiger partial charge in [-0.1, -0.05) is 38.1 Å². The fourth-order valence-corrected chi connectivity index (χ4v) is 4.27. The van der Waals surface area contributed by atoms with E-state index in [4.69, 9.17) is 0 Å². The van der Waals surface area contributed by atoms with Gasteiger partial charge in [-0.25, -0.2) is 9.97 Å². The molecule has 0 radical (unpaired) electrons. The highest BCUT2D eigenvalue weighted by atomic mass is 16.2. The molecule has 1 aromatic heterocycles. The van der Waals surface area contributed by atoms with Crippen LogP contribution in [0.3, 0.4) is 0 Å². The summed E-state index contributed by atoms with van der Waals surface area (Å²) in [5.74, 6) is 0.262. The van der Waals surface area contributed by atoms with Gasteiger partial charge in [-0.2, -0.15) is 0 Å². The number of hydrogen-bond acceptors (Lipinski definition) is 5. The van der Waals surface area contributed by atoms with E-state index in [0.717, 1.165) is 25.2 Å². The number of anilines is 1. The fourth-order valence-electron chi connectivity index (χ4n) is 4.27. The Bertz CT molecular complexity index is 952. The molecule has 0 saturated heterocycles. The van der Waals surface area contributed by atoms with Gasteiger partial charge in [0.05, 0.1) is 23.5 Å². The first-order valence-corrected chi connectivity index (χ1v) is 9.80. The Morgan fingerprint density at radius 3 is 2.71 bits per heavy atom. The molecular weight excluding hydrogens is 352 g/mol. The summed E-state index contributed by atoms with van der Waals surface area (Å²) in [4.78, 5) is 36.0. The van der Waals surface area contributed by atoms with Gasteiger partial charge in [-0.3, -0.25) is 19.8 Å². The lowest BCUT2D eigenvalue weighted by Crippen LogP contribution is -2.37. The first-order valence-electron chi connectivity index (χ1n) is 9.80. The molecule has 0 bridgehead atoms. The highest BCUT2D eigenvalue weighted by Crippen LogP contribution is 2.35. The van der Waals surface area contributed by atoms with Crippen molar-refractivity contribution < 1.29 is 9.59 Å². The molecule has 4 rings (SSSR count). The van der Waals surface area contributed by atoms with Gasteiger partial charge in [0, 0.05) is 19.5 Å². The van der Waals surface area contributed by atoms with Gasteiger partial charge >= 0.3 is 0 Å². The number of aromatic nitrogens is 2. The minimum Gasteiger partial charge on any atom is -0.294 e. The number of nitrogens with one attached hydrogen (secondary N) is 1. The van der Waals surface area contributed by atoms with Crippen LogP contribution in [-0.2, 0) is 24.2 Å². The number of carbonyl (C=O) groups excluding carboxylic acids is 2. The van der Waals surface area contributed by atoms with Crippen LogP contribution in [0.25, 0.3) is 0 Å². The summed E-state index contributed by atoms with van der Waals surface area (Å²) in [7, 11) is 0. The first kappa shape index (κ1) is 18.7. The van der Waals surface area contributed by atoms with E-state index in [-0.39, 0.29) is 17.1 Å². The second-order valence-electron chi connectivity index (χ2n) is 8.67. The van der Waals surface area contributed by atoms with Crippen LogP contribution in [0.15, 0.2) is 24.3 Å². The average Bonchev–Trinajstić information content (AvgIpc) is 2.59. The van der Waals surface area contributed by atoms with Crippen LogP contribution >= 0.6 is 0 Å². The smallest absolute Gasteiger partial charge is 0.240 e. The number of fused-ring (bicyclic) bond motifs is 2. The quantitative estimate of drug-likeness (QED) is 0.889. The van der Waals surface area contributed by atoms with Crippen molar-refractivity contribution in [1.29, 1.82) is 0 Å². The van der Waals surface area contributed by atoms with E-state index >= 15 is 0 Å². The second-order valence-corrected chi connectivity index (χ2v) is 8.67. The molecular formula is C22H26N4O2. The van der Waals surface area contributed by atoms with Crippen molar-refractivity contribution in [2.45, 2.75) is 46.6 Å². The maximum atomic E-state index is 12.6. The molecule has 146 valence electrons. The molecule has 1 aliphatic carbocycles. The molecule has 2 aliphatic rings. The standard InChI is InChI=1S/C22H26N4O2/c1-14-20-17(10-22(2,3)11-18(20)27)24-21(23-14)25-19(28)13-26-9-8-15-6-4-5-7-16(15)12-26/h4-7H,8-13H2,1-3H3,(H,23,24,25,28). The van der Waals surface area contributed by atoms with E-state index in [1.165, 1.54) is 11.1 Å². The third-order valence-corrected chi connectivity index (χ3v) is 5.56. The summed E-state index contributed by atoms with van der Waals surface area (Å²) < 4.78 is 0. The van der Waals surface area contributed by atoms with Crippen molar-refractivity contribution in [1.82, 2.24) is 14.9 Å². The monoisotopic (exact) mass is 378 g/mol. The summed E-state index contributed by atoms with van der Waals surface area (Å²) >= 11 is 0. The van der Waals surface area contributed by atoms with Crippen molar-refractivity contribution in [2.75, 3.05) is 18.4 Å². The van der Waals surface area contributed by atoms with E-state index < -0.39 is 0 Å². The molecule has 0 fully saturated rings. The van der Waals surface area contributed by atoms with E-state index in [1.807, 2.05) is 13.0 Å². The second kappa shape index (κ2) is 7.09. The van der Waals surface area contributed by atoms with Crippen LogP contribution in [0.4, 0.5) is 5.95 Å². The Labute approximate surface area is 165 Å². The molecule has 1 aromatic carbocycles. The lowest BCUT2D eigenvalue weighted by atomic mass is 9.75. The number of rotatable bonds is 3. The largest absolute Gasteiger partial charge is 0.294 e. The molecule has 1 N–H and O–H groups in total. The van der Waals surface area contributed by atoms with Crippen LogP contribution in [0.5, 0.6) is 0 Å². The van der Waals surface area contributed by atoms with Gasteiger partial charge in [0.2, 0.25) is 11.9 Å². The number of ketones is 1. The molecule has 28 heavy (non-hydrogen) atoms.